The molecule has 2 rings (SSSR count). The van der Waals surface area contributed by atoms with Gasteiger partial charge in [-0.05, 0) is 13.3 Å². The van der Waals surface area contributed by atoms with Gasteiger partial charge >= 0.3 is 0 Å². The number of rotatable bonds is 6. The second-order valence-electron chi connectivity index (χ2n) is 4.90. The van der Waals surface area contributed by atoms with E-state index >= 15 is 0 Å². The average molecular weight is 284 g/mol. The van der Waals surface area contributed by atoms with Crippen molar-refractivity contribution in [1.29, 1.82) is 0 Å². The summed E-state index contributed by atoms with van der Waals surface area (Å²) in [6.07, 6.45) is 4.23. The number of aromatic nitrogens is 2. The van der Waals surface area contributed by atoms with Gasteiger partial charge in [0.15, 0.2) is 5.82 Å². The van der Waals surface area contributed by atoms with Crippen molar-refractivity contribution in [3.8, 4) is 11.4 Å². The van der Waals surface area contributed by atoms with Crippen molar-refractivity contribution in [2.24, 2.45) is 0 Å². The number of nitrogens with zero attached hydrogens (tertiary/aromatic N) is 2. The van der Waals surface area contributed by atoms with E-state index in [9.17, 15) is 4.79 Å². The molecule has 0 bridgehead atoms. The van der Waals surface area contributed by atoms with E-state index in [2.05, 4.69) is 27.5 Å². The number of hydrogen-bond acceptors (Lipinski definition) is 4. The summed E-state index contributed by atoms with van der Waals surface area (Å²) in [7, 11) is 0. The minimum Gasteiger partial charge on any atom is -0.322 e. The number of anilines is 1. The number of hydrogen-bond donors (Lipinski definition) is 2. The molecule has 0 aliphatic heterocycles. The Bertz CT molecular complexity index is 569. The number of amides is 1. The maximum atomic E-state index is 11.8. The van der Waals surface area contributed by atoms with Crippen LogP contribution >= 0.6 is 0 Å². The average Bonchev–Trinajstić information content (AvgIpc) is 2.54. The van der Waals surface area contributed by atoms with Crippen molar-refractivity contribution in [1.82, 2.24) is 15.3 Å². The maximum Gasteiger partial charge on any atom is 0.238 e. The minimum absolute atomic E-state index is 0.0913. The van der Waals surface area contributed by atoms with E-state index in [1.807, 2.05) is 37.3 Å². The zero-order valence-corrected chi connectivity index (χ0v) is 12.3. The Morgan fingerprint density at radius 3 is 2.48 bits per heavy atom. The van der Waals surface area contributed by atoms with Gasteiger partial charge in [-0.3, -0.25) is 4.79 Å². The lowest BCUT2D eigenvalue weighted by atomic mass is 10.2. The number of nitrogens with one attached hydrogen (secondary N) is 2. The lowest BCUT2D eigenvalue weighted by molar-refractivity contribution is -0.115. The molecule has 0 radical (unpaired) electrons. The quantitative estimate of drug-likeness (QED) is 0.855. The van der Waals surface area contributed by atoms with E-state index in [-0.39, 0.29) is 12.5 Å². The highest BCUT2D eigenvalue weighted by Crippen LogP contribution is 2.14. The summed E-state index contributed by atoms with van der Waals surface area (Å²) in [6, 6.07) is 10.0. The first-order valence-electron chi connectivity index (χ1n) is 7.09. The largest absolute Gasteiger partial charge is 0.322 e. The van der Waals surface area contributed by atoms with E-state index in [4.69, 9.17) is 0 Å². The van der Waals surface area contributed by atoms with E-state index in [1.54, 1.807) is 12.4 Å². The van der Waals surface area contributed by atoms with Crippen molar-refractivity contribution in [3.05, 3.63) is 42.7 Å². The van der Waals surface area contributed by atoms with E-state index < -0.39 is 0 Å². The second-order valence-corrected chi connectivity index (χ2v) is 4.90. The highest BCUT2D eigenvalue weighted by atomic mass is 16.1. The third-order valence-corrected chi connectivity index (χ3v) is 3.19. The topological polar surface area (TPSA) is 66.9 Å². The Labute approximate surface area is 124 Å². The molecule has 5 nitrogen and oxygen atoms in total. The van der Waals surface area contributed by atoms with Gasteiger partial charge in [0, 0.05) is 11.6 Å². The molecule has 2 N–H and O–H groups in total. The van der Waals surface area contributed by atoms with Gasteiger partial charge in [-0.25, -0.2) is 9.97 Å². The molecule has 0 saturated heterocycles. The number of carbonyl (C=O) groups excluding carboxylic acids is 1. The van der Waals surface area contributed by atoms with Gasteiger partial charge in [0.1, 0.15) is 0 Å². The molecule has 5 heteroatoms. The predicted molar refractivity (Wildman–Crippen MR) is 83.9 cm³/mol. The van der Waals surface area contributed by atoms with Crippen LogP contribution in [0.4, 0.5) is 5.69 Å². The molecule has 0 aliphatic rings. The van der Waals surface area contributed by atoms with Crippen molar-refractivity contribution in [2.45, 2.75) is 26.3 Å². The van der Waals surface area contributed by atoms with Crippen molar-refractivity contribution in [2.75, 3.05) is 11.9 Å². The third-order valence-electron chi connectivity index (χ3n) is 3.19. The van der Waals surface area contributed by atoms with Crippen LogP contribution in [0, 0.1) is 0 Å². The lowest BCUT2D eigenvalue weighted by Crippen LogP contribution is -2.34. The molecule has 1 amide bonds. The predicted octanol–water partition coefficient (Wildman–Crippen LogP) is 2.47. The third kappa shape index (κ3) is 4.65. The summed E-state index contributed by atoms with van der Waals surface area (Å²) in [5.74, 6) is 0.553. The molecule has 0 aliphatic carbocycles. The molecule has 2 aromatic rings. The Hall–Kier alpha value is -2.27. The molecule has 1 aromatic carbocycles. The van der Waals surface area contributed by atoms with Crippen LogP contribution in [-0.2, 0) is 4.79 Å². The van der Waals surface area contributed by atoms with Crippen LogP contribution in [-0.4, -0.2) is 28.5 Å². The highest BCUT2D eigenvalue weighted by Gasteiger charge is 2.06. The fraction of sp³-hybridized carbons (Fsp3) is 0.312. The summed E-state index contributed by atoms with van der Waals surface area (Å²) in [6.45, 7) is 4.41. The highest BCUT2D eigenvalue weighted by molar-refractivity contribution is 5.92. The fourth-order valence-corrected chi connectivity index (χ4v) is 1.75. The van der Waals surface area contributed by atoms with Gasteiger partial charge in [-0.2, -0.15) is 0 Å². The lowest BCUT2D eigenvalue weighted by Gasteiger charge is -2.11. The summed E-state index contributed by atoms with van der Waals surface area (Å²) in [4.78, 5) is 20.3. The van der Waals surface area contributed by atoms with Crippen LogP contribution in [0.25, 0.3) is 11.4 Å². The summed E-state index contributed by atoms with van der Waals surface area (Å²) in [5, 5.41) is 5.91. The Balaban J connectivity index is 1.92. The monoisotopic (exact) mass is 284 g/mol. The van der Waals surface area contributed by atoms with Crippen LogP contribution < -0.4 is 10.6 Å². The SMILES string of the molecule is CCC(C)NCC(=O)Nc1cnc(-c2ccccc2)nc1. The van der Waals surface area contributed by atoms with Crippen LogP contribution in [0.5, 0.6) is 0 Å². The maximum absolute atomic E-state index is 11.8. The summed E-state index contributed by atoms with van der Waals surface area (Å²) < 4.78 is 0. The summed E-state index contributed by atoms with van der Waals surface area (Å²) in [5.41, 5.74) is 1.56. The van der Waals surface area contributed by atoms with Crippen LogP contribution in [0.15, 0.2) is 42.7 Å². The molecule has 1 atom stereocenters. The molecular weight excluding hydrogens is 264 g/mol. The molecule has 21 heavy (non-hydrogen) atoms. The van der Waals surface area contributed by atoms with E-state index in [1.165, 1.54) is 0 Å². The van der Waals surface area contributed by atoms with E-state index in [0.29, 0.717) is 17.6 Å². The van der Waals surface area contributed by atoms with Gasteiger partial charge in [0.05, 0.1) is 24.6 Å². The molecule has 0 spiro atoms. The van der Waals surface area contributed by atoms with Crippen LogP contribution in [0.1, 0.15) is 20.3 Å². The smallest absolute Gasteiger partial charge is 0.238 e. The first-order chi connectivity index (χ1) is 10.2. The molecule has 1 unspecified atom stereocenters. The molecule has 110 valence electrons. The van der Waals surface area contributed by atoms with Gasteiger partial charge in [-0.15, -0.1) is 0 Å². The molecule has 0 fully saturated rings. The number of carbonyl (C=O) groups is 1. The normalized spacial score (nSPS) is 11.9. The van der Waals surface area contributed by atoms with Gasteiger partial charge in [-0.1, -0.05) is 37.3 Å². The molecular formula is C16H20N4O. The zero-order chi connectivity index (χ0) is 15.1. The minimum atomic E-state index is -0.0913. The zero-order valence-electron chi connectivity index (χ0n) is 12.3. The van der Waals surface area contributed by atoms with Crippen molar-refractivity contribution in [3.63, 3.8) is 0 Å². The van der Waals surface area contributed by atoms with Gasteiger partial charge in [0.2, 0.25) is 5.91 Å². The molecule has 1 aromatic heterocycles. The van der Waals surface area contributed by atoms with Crippen molar-refractivity contribution < 1.29 is 4.79 Å². The van der Waals surface area contributed by atoms with E-state index in [0.717, 1.165) is 12.0 Å². The standard InChI is InChI=1S/C16H20N4O/c1-3-12(2)17-11-15(21)20-14-9-18-16(19-10-14)13-7-5-4-6-8-13/h4-10,12,17H,3,11H2,1-2H3,(H,20,21). The summed E-state index contributed by atoms with van der Waals surface area (Å²) >= 11 is 0. The Morgan fingerprint density at radius 1 is 1.19 bits per heavy atom. The first-order valence-corrected chi connectivity index (χ1v) is 7.09. The van der Waals surface area contributed by atoms with Gasteiger partial charge in [0.25, 0.3) is 0 Å². The van der Waals surface area contributed by atoms with Gasteiger partial charge < -0.3 is 10.6 Å². The number of benzene rings is 1. The first kappa shape index (κ1) is 15.1. The molecule has 0 saturated carbocycles. The molecule has 1 heterocycles. The Morgan fingerprint density at radius 2 is 1.86 bits per heavy atom. The Kier molecular flexibility index (Phi) is 5.40. The van der Waals surface area contributed by atoms with Crippen molar-refractivity contribution >= 4 is 11.6 Å². The fourth-order valence-electron chi connectivity index (χ4n) is 1.75. The second kappa shape index (κ2) is 7.50. The van der Waals surface area contributed by atoms with Crippen LogP contribution in [0.2, 0.25) is 0 Å². The van der Waals surface area contributed by atoms with Crippen LogP contribution in [0.3, 0.4) is 0 Å².